The molecule has 1 aliphatic heterocycles. The fourth-order valence-electron chi connectivity index (χ4n) is 5.42. The van der Waals surface area contributed by atoms with Crippen molar-refractivity contribution < 1.29 is 21.1 Å². The Morgan fingerprint density at radius 2 is 1.27 bits per heavy atom. The van der Waals surface area contributed by atoms with Gasteiger partial charge in [0.25, 0.3) is 0 Å². The molecule has 0 saturated carbocycles. The normalized spacial score (nSPS) is 13.6. The van der Waals surface area contributed by atoms with Gasteiger partial charge in [0.05, 0.1) is 22.8 Å². The summed E-state index contributed by atoms with van der Waals surface area (Å²) in [5, 5.41) is 4.67. The van der Waals surface area contributed by atoms with E-state index >= 15 is 0 Å². The van der Waals surface area contributed by atoms with Crippen LogP contribution >= 0.6 is 0 Å². The van der Waals surface area contributed by atoms with Gasteiger partial charge in [0.15, 0.2) is 0 Å². The molecule has 7 rings (SSSR count). The Morgan fingerprint density at radius 1 is 0.649 bits per heavy atom. The largest absolute Gasteiger partial charge is 2.00 e. The molecule has 2 nitrogen and oxygen atoms in total. The van der Waals surface area contributed by atoms with E-state index in [1.165, 1.54) is 16.2 Å². The van der Waals surface area contributed by atoms with Gasteiger partial charge in [0.2, 0.25) is 0 Å². The van der Waals surface area contributed by atoms with Crippen molar-refractivity contribution in [3.05, 3.63) is 132 Å². The van der Waals surface area contributed by atoms with E-state index in [2.05, 4.69) is 123 Å². The molecule has 1 aliphatic rings. The quantitative estimate of drug-likeness (QED) is 0.155. The van der Waals surface area contributed by atoms with Crippen LogP contribution in [0.5, 0.6) is 0 Å². The van der Waals surface area contributed by atoms with Crippen LogP contribution in [-0.4, -0.2) is 9.97 Å². The summed E-state index contributed by atoms with van der Waals surface area (Å²) in [5.74, 6) is 0. The Kier molecular flexibility index (Phi) is 5.81. The number of benzene rings is 4. The first-order valence-corrected chi connectivity index (χ1v) is 12.4. The van der Waals surface area contributed by atoms with Crippen LogP contribution < -0.4 is 0 Å². The molecule has 2 aromatic heterocycles. The monoisotopic (exact) mass is 655 g/mol. The second kappa shape index (κ2) is 9.05. The van der Waals surface area contributed by atoms with Crippen molar-refractivity contribution in [1.82, 2.24) is 9.97 Å². The third kappa shape index (κ3) is 4.01. The van der Waals surface area contributed by atoms with E-state index in [0.717, 1.165) is 50.4 Å². The molecule has 0 saturated heterocycles. The van der Waals surface area contributed by atoms with Gasteiger partial charge in [-0.2, -0.15) is 36.4 Å². The maximum atomic E-state index is 5.31. The van der Waals surface area contributed by atoms with Gasteiger partial charge in [-0.3, -0.25) is 4.98 Å². The average molecular weight is 656 g/mol. The molecule has 0 N–H and O–H groups in total. The van der Waals surface area contributed by atoms with Crippen molar-refractivity contribution in [1.29, 1.82) is 0 Å². The van der Waals surface area contributed by atoms with Gasteiger partial charge >= 0.3 is 21.1 Å². The molecule has 0 radical (unpaired) electrons. The smallest absolute Gasteiger partial charge is 0.250 e. The Bertz CT molecular complexity index is 1800. The molecule has 0 amide bonds. The first kappa shape index (κ1) is 23.8. The van der Waals surface area contributed by atoms with Crippen molar-refractivity contribution in [2.45, 2.75) is 25.7 Å². The van der Waals surface area contributed by atoms with Gasteiger partial charge in [-0.15, -0.1) is 23.3 Å². The summed E-state index contributed by atoms with van der Waals surface area (Å²) < 4.78 is 0. The number of hydrogen-bond acceptors (Lipinski definition) is 2. The van der Waals surface area contributed by atoms with Gasteiger partial charge in [0, 0.05) is 16.2 Å². The van der Waals surface area contributed by atoms with Crippen LogP contribution in [0.25, 0.3) is 44.1 Å². The predicted octanol–water partition coefficient (Wildman–Crippen LogP) is 7.94. The maximum Gasteiger partial charge on any atom is 2.00 e. The molecule has 8 bridgehead atoms. The number of hydrogen-bond donors (Lipinski definition) is 0. The van der Waals surface area contributed by atoms with Crippen molar-refractivity contribution in [2.75, 3.05) is 0 Å². The van der Waals surface area contributed by atoms with E-state index in [4.69, 9.17) is 9.97 Å². The van der Waals surface area contributed by atoms with Crippen molar-refractivity contribution in [3.63, 3.8) is 0 Å². The fourth-order valence-corrected chi connectivity index (χ4v) is 5.42. The summed E-state index contributed by atoms with van der Waals surface area (Å²) >= 11 is 0. The molecule has 3 heteroatoms. The Labute approximate surface area is 231 Å². The van der Waals surface area contributed by atoms with Gasteiger partial charge in [-0.05, 0) is 29.3 Å². The number of fused-ring (bicyclic) bond motifs is 14. The van der Waals surface area contributed by atoms with Gasteiger partial charge in [0.1, 0.15) is 0 Å². The van der Waals surface area contributed by atoms with E-state index < -0.39 is 0 Å². The molecule has 0 atom stereocenters. The van der Waals surface area contributed by atoms with Crippen LogP contribution in [0.1, 0.15) is 36.4 Å². The molecular formula is C34H24N2Pt. The molecular weight excluding hydrogens is 631 g/mol. The van der Waals surface area contributed by atoms with Crippen LogP contribution in [0.4, 0.5) is 0 Å². The third-order valence-corrected chi connectivity index (χ3v) is 7.39. The Hall–Kier alpha value is -3.61. The molecule has 37 heavy (non-hydrogen) atoms. The zero-order valence-corrected chi connectivity index (χ0v) is 22.9. The predicted molar refractivity (Wildman–Crippen MR) is 147 cm³/mol. The second-order valence-electron chi connectivity index (χ2n) is 10.1. The molecule has 180 valence electrons. The zero-order valence-electron chi connectivity index (χ0n) is 20.7. The minimum absolute atomic E-state index is 0. The van der Waals surface area contributed by atoms with E-state index in [1.807, 2.05) is 0 Å². The standard InChI is InChI=1S/C34H24N2.Pt/c1-34(2)27-14-8-13-24(19-27)23-12-7-9-22(17-23)18-30-28-15-5-3-10-25(28)20-31(35-30)32-21-26-11-4-6-16-29(26)33(34)36-32;/h3-16,20-21H,18H2,1-2H3;/q-2;+2. The van der Waals surface area contributed by atoms with Crippen LogP contribution in [0.3, 0.4) is 0 Å². The number of aromatic nitrogens is 2. The van der Waals surface area contributed by atoms with Crippen molar-refractivity contribution in [2.24, 2.45) is 0 Å². The molecule has 0 aliphatic carbocycles. The fraction of sp³-hybridized carbons (Fsp3) is 0.118. The van der Waals surface area contributed by atoms with Crippen molar-refractivity contribution >= 4 is 21.5 Å². The van der Waals surface area contributed by atoms with Crippen LogP contribution in [0, 0.1) is 12.1 Å². The van der Waals surface area contributed by atoms with Crippen molar-refractivity contribution in [3.8, 4) is 22.5 Å². The van der Waals surface area contributed by atoms with Crippen LogP contribution in [0.2, 0.25) is 0 Å². The summed E-state index contributed by atoms with van der Waals surface area (Å²) in [6, 6.07) is 41.5. The number of pyridine rings is 2. The van der Waals surface area contributed by atoms with E-state index in [0.29, 0.717) is 6.42 Å². The summed E-state index contributed by atoms with van der Waals surface area (Å²) in [6.45, 7) is 4.48. The van der Waals surface area contributed by atoms with Crippen LogP contribution in [-0.2, 0) is 32.9 Å². The molecule has 0 fully saturated rings. The molecule has 3 heterocycles. The average Bonchev–Trinajstić information content (AvgIpc) is 2.92. The molecule has 6 aromatic rings. The van der Waals surface area contributed by atoms with Gasteiger partial charge < -0.3 is 0 Å². The zero-order chi connectivity index (χ0) is 24.3. The number of nitrogens with zero attached hydrogens (tertiary/aromatic N) is 2. The van der Waals surface area contributed by atoms with Gasteiger partial charge in [-0.1, -0.05) is 62.4 Å². The van der Waals surface area contributed by atoms with E-state index in [1.54, 1.807) is 0 Å². The van der Waals surface area contributed by atoms with E-state index in [-0.39, 0.29) is 26.5 Å². The summed E-state index contributed by atoms with van der Waals surface area (Å²) in [5.41, 5.74) is 7.83. The Morgan fingerprint density at radius 3 is 2.05 bits per heavy atom. The molecule has 0 unspecified atom stereocenters. The third-order valence-electron chi connectivity index (χ3n) is 7.39. The topological polar surface area (TPSA) is 25.8 Å². The first-order chi connectivity index (χ1) is 17.6. The number of rotatable bonds is 0. The first-order valence-electron chi connectivity index (χ1n) is 12.4. The summed E-state index contributed by atoms with van der Waals surface area (Å²) in [7, 11) is 0. The summed E-state index contributed by atoms with van der Waals surface area (Å²) in [4.78, 5) is 10.5. The minimum atomic E-state index is -0.368. The van der Waals surface area contributed by atoms with Crippen LogP contribution in [0.15, 0.2) is 97.1 Å². The molecule has 0 spiro atoms. The Balaban J connectivity index is 0.00000252. The molecule has 4 aromatic carbocycles. The maximum absolute atomic E-state index is 5.31. The van der Waals surface area contributed by atoms with E-state index in [9.17, 15) is 0 Å². The second-order valence-corrected chi connectivity index (χ2v) is 10.1. The minimum Gasteiger partial charge on any atom is -0.250 e. The summed E-state index contributed by atoms with van der Waals surface area (Å²) in [6.07, 6.45) is 0.702. The van der Waals surface area contributed by atoms with Gasteiger partial charge in [-0.25, -0.2) is 16.1 Å². The SMILES string of the molecule is CC1(C)c2[c-]c(ccc2)-c2[c-]c(ccc2)Cc2nc(cc3ccccc23)-c2cc3ccccc3c1n2.[Pt+2].